The van der Waals surface area contributed by atoms with Crippen LogP contribution in [0.2, 0.25) is 0 Å². The van der Waals surface area contributed by atoms with Crippen LogP contribution < -0.4 is 4.74 Å². The highest BCUT2D eigenvalue weighted by molar-refractivity contribution is 7.89. The molecule has 0 aromatic heterocycles. The second kappa shape index (κ2) is 9.64. The minimum absolute atomic E-state index is 0.0355. The highest BCUT2D eigenvalue weighted by atomic mass is 32.2. The van der Waals surface area contributed by atoms with Gasteiger partial charge >= 0.3 is 0 Å². The van der Waals surface area contributed by atoms with Gasteiger partial charge in [0.2, 0.25) is 15.9 Å². The summed E-state index contributed by atoms with van der Waals surface area (Å²) in [6, 6.07) is 11.2. The summed E-state index contributed by atoms with van der Waals surface area (Å²) in [4.78, 5) is 17.5. The molecule has 0 bridgehead atoms. The topological polar surface area (TPSA) is 70.2 Å². The fraction of sp³-hybridized carbons (Fsp3) is 0.480. The van der Waals surface area contributed by atoms with Crippen LogP contribution in [0, 0.1) is 11.7 Å². The van der Waals surface area contributed by atoms with Gasteiger partial charge in [-0.1, -0.05) is 12.1 Å². The number of nitrogens with zero attached hydrogens (tertiary/aromatic N) is 3. The molecular weight excluding hydrogens is 457 g/mol. The van der Waals surface area contributed by atoms with Gasteiger partial charge in [0, 0.05) is 52.2 Å². The summed E-state index contributed by atoms with van der Waals surface area (Å²) in [5.74, 6) is 0.206. The van der Waals surface area contributed by atoms with E-state index >= 15 is 0 Å². The lowest BCUT2D eigenvalue weighted by Gasteiger charge is -2.38. The van der Waals surface area contributed by atoms with Crippen molar-refractivity contribution < 1.29 is 22.3 Å². The first kappa shape index (κ1) is 23.3. The van der Waals surface area contributed by atoms with Crippen molar-refractivity contribution in [2.24, 2.45) is 5.92 Å². The standard InChI is InChI=1S/C25H30FN3O4S/c26-22-4-6-23(7-5-22)34(31,32)29-10-1-2-21(18-29)25(30)28-13-11-27(12-14-28)17-19-3-8-24-20(16-19)9-15-33-24/h3-8,16,21H,1-2,9-15,17-18H2. The highest BCUT2D eigenvalue weighted by Gasteiger charge is 2.36. The average Bonchev–Trinajstić information content (AvgIpc) is 3.32. The van der Waals surface area contributed by atoms with E-state index in [0.29, 0.717) is 32.5 Å². The molecule has 2 saturated heterocycles. The van der Waals surface area contributed by atoms with E-state index in [9.17, 15) is 17.6 Å². The summed E-state index contributed by atoms with van der Waals surface area (Å²) < 4.78 is 46.2. The quantitative estimate of drug-likeness (QED) is 0.648. The van der Waals surface area contributed by atoms with Gasteiger partial charge in [-0.15, -0.1) is 0 Å². The molecule has 3 aliphatic rings. The number of amides is 1. The zero-order valence-corrected chi connectivity index (χ0v) is 20.0. The fourth-order valence-corrected chi connectivity index (χ4v) is 6.62. The molecule has 2 aromatic carbocycles. The molecule has 0 saturated carbocycles. The number of hydrogen-bond donors (Lipinski definition) is 0. The molecule has 182 valence electrons. The van der Waals surface area contributed by atoms with E-state index in [-0.39, 0.29) is 23.3 Å². The van der Waals surface area contributed by atoms with Crippen LogP contribution in [0.5, 0.6) is 5.75 Å². The Hall–Kier alpha value is -2.49. The maximum absolute atomic E-state index is 13.2. The molecule has 0 spiro atoms. The SMILES string of the molecule is O=C(C1CCCN(S(=O)(=O)c2ccc(F)cc2)C1)N1CCN(Cc2ccc3c(c2)CCO3)CC1. The van der Waals surface area contributed by atoms with Crippen LogP contribution >= 0.6 is 0 Å². The number of sulfonamides is 1. The minimum atomic E-state index is -3.75. The van der Waals surface area contributed by atoms with Gasteiger partial charge in [0.15, 0.2) is 0 Å². The number of hydrogen-bond acceptors (Lipinski definition) is 5. The Labute approximate surface area is 200 Å². The van der Waals surface area contributed by atoms with E-state index in [1.54, 1.807) is 0 Å². The number of benzene rings is 2. The van der Waals surface area contributed by atoms with Crippen LogP contribution in [0.4, 0.5) is 4.39 Å². The minimum Gasteiger partial charge on any atom is -0.493 e. The third kappa shape index (κ3) is 4.82. The van der Waals surface area contributed by atoms with Gasteiger partial charge < -0.3 is 9.64 Å². The third-order valence-corrected chi connectivity index (χ3v) is 8.91. The van der Waals surface area contributed by atoms with Gasteiger partial charge in [-0.05, 0) is 54.3 Å². The Balaban J connectivity index is 1.16. The molecule has 5 rings (SSSR count). The lowest BCUT2D eigenvalue weighted by atomic mass is 9.97. The Bertz CT molecular complexity index is 1150. The first-order chi connectivity index (χ1) is 16.4. The number of carbonyl (C=O) groups excluding carboxylic acids is 1. The van der Waals surface area contributed by atoms with Crippen molar-refractivity contribution in [3.8, 4) is 5.75 Å². The smallest absolute Gasteiger partial charge is 0.243 e. The molecule has 3 aliphatic heterocycles. The van der Waals surface area contributed by atoms with Crippen LogP contribution in [0.1, 0.15) is 24.0 Å². The van der Waals surface area contributed by atoms with Crippen molar-refractivity contribution in [3.05, 3.63) is 59.4 Å². The summed E-state index contributed by atoms with van der Waals surface area (Å²) in [6.45, 7) is 5.04. The Kier molecular flexibility index (Phi) is 6.59. The van der Waals surface area contributed by atoms with E-state index in [1.165, 1.54) is 27.6 Å². The number of fused-ring (bicyclic) bond motifs is 1. The van der Waals surface area contributed by atoms with Crippen LogP contribution in [0.25, 0.3) is 0 Å². The Morgan fingerprint density at radius 3 is 2.56 bits per heavy atom. The summed E-state index contributed by atoms with van der Waals surface area (Å²) >= 11 is 0. The summed E-state index contributed by atoms with van der Waals surface area (Å²) in [5, 5.41) is 0. The largest absolute Gasteiger partial charge is 0.493 e. The van der Waals surface area contributed by atoms with Crippen LogP contribution in [0.15, 0.2) is 47.4 Å². The van der Waals surface area contributed by atoms with Crippen LogP contribution in [-0.4, -0.2) is 74.3 Å². The molecule has 0 N–H and O–H groups in total. The predicted octanol–water partition coefficient (Wildman–Crippen LogP) is 2.51. The molecule has 2 aromatic rings. The van der Waals surface area contributed by atoms with Gasteiger partial charge in [-0.25, -0.2) is 12.8 Å². The first-order valence-electron chi connectivity index (χ1n) is 11.9. The number of ether oxygens (including phenoxy) is 1. The van der Waals surface area contributed by atoms with E-state index in [4.69, 9.17) is 4.74 Å². The average molecular weight is 488 g/mol. The predicted molar refractivity (Wildman–Crippen MR) is 125 cm³/mol. The summed E-state index contributed by atoms with van der Waals surface area (Å²) in [7, 11) is -3.75. The van der Waals surface area contributed by atoms with Gasteiger partial charge in [0.1, 0.15) is 11.6 Å². The van der Waals surface area contributed by atoms with Crippen molar-refractivity contribution in [1.82, 2.24) is 14.1 Å². The number of piperazine rings is 1. The van der Waals surface area contributed by atoms with Gasteiger partial charge in [-0.2, -0.15) is 4.31 Å². The van der Waals surface area contributed by atoms with E-state index in [1.807, 2.05) is 11.0 Å². The monoisotopic (exact) mass is 487 g/mol. The normalized spacial score (nSPS) is 21.8. The van der Waals surface area contributed by atoms with Crippen molar-refractivity contribution >= 4 is 15.9 Å². The molecule has 2 fully saturated rings. The number of rotatable bonds is 5. The zero-order chi connectivity index (χ0) is 23.7. The molecule has 7 nitrogen and oxygen atoms in total. The maximum atomic E-state index is 13.2. The van der Waals surface area contributed by atoms with Crippen molar-refractivity contribution in [2.45, 2.75) is 30.7 Å². The zero-order valence-electron chi connectivity index (χ0n) is 19.2. The summed E-state index contributed by atoms with van der Waals surface area (Å²) in [6.07, 6.45) is 2.28. The van der Waals surface area contributed by atoms with E-state index < -0.39 is 15.8 Å². The van der Waals surface area contributed by atoms with E-state index in [0.717, 1.165) is 50.5 Å². The first-order valence-corrected chi connectivity index (χ1v) is 13.4. The van der Waals surface area contributed by atoms with Crippen LogP contribution in [-0.2, 0) is 27.8 Å². The van der Waals surface area contributed by atoms with Gasteiger partial charge in [0.25, 0.3) is 0 Å². The second-order valence-corrected chi connectivity index (χ2v) is 11.2. The van der Waals surface area contributed by atoms with Gasteiger partial charge in [0.05, 0.1) is 17.4 Å². The molecule has 9 heteroatoms. The molecule has 3 heterocycles. The van der Waals surface area contributed by atoms with Crippen molar-refractivity contribution in [3.63, 3.8) is 0 Å². The Morgan fingerprint density at radius 2 is 1.79 bits per heavy atom. The van der Waals surface area contributed by atoms with Crippen molar-refractivity contribution in [2.75, 3.05) is 45.9 Å². The molecule has 1 amide bonds. The lowest BCUT2D eigenvalue weighted by molar-refractivity contribution is -0.138. The molecule has 1 atom stereocenters. The summed E-state index contributed by atoms with van der Waals surface area (Å²) in [5.41, 5.74) is 2.53. The highest BCUT2D eigenvalue weighted by Crippen LogP contribution is 2.28. The van der Waals surface area contributed by atoms with Gasteiger partial charge in [-0.3, -0.25) is 9.69 Å². The Morgan fingerprint density at radius 1 is 1.03 bits per heavy atom. The fourth-order valence-electron chi connectivity index (χ4n) is 5.10. The second-order valence-electron chi connectivity index (χ2n) is 9.30. The molecule has 0 aliphatic carbocycles. The number of piperidine rings is 1. The van der Waals surface area contributed by atoms with Crippen LogP contribution in [0.3, 0.4) is 0 Å². The number of carbonyl (C=O) groups is 1. The maximum Gasteiger partial charge on any atom is 0.243 e. The van der Waals surface area contributed by atoms with E-state index in [2.05, 4.69) is 17.0 Å². The van der Waals surface area contributed by atoms with Crippen molar-refractivity contribution in [1.29, 1.82) is 0 Å². The molecule has 0 radical (unpaired) electrons. The molecular formula is C25H30FN3O4S. The third-order valence-electron chi connectivity index (χ3n) is 7.03. The number of halogens is 1. The lowest BCUT2D eigenvalue weighted by Crippen LogP contribution is -2.52. The molecule has 1 unspecified atom stereocenters. The molecule has 34 heavy (non-hydrogen) atoms.